The van der Waals surface area contributed by atoms with Gasteiger partial charge in [-0.15, -0.1) is 11.3 Å². The van der Waals surface area contributed by atoms with Crippen molar-refractivity contribution in [1.82, 2.24) is 9.55 Å². The van der Waals surface area contributed by atoms with Crippen molar-refractivity contribution in [3.63, 3.8) is 0 Å². The summed E-state index contributed by atoms with van der Waals surface area (Å²) in [5, 5.41) is 1.03. The van der Waals surface area contributed by atoms with Crippen molar-refractivity contribution in [2.75, 3.05) is 0 Å². The molecule has 0 saturated heterocycles. The zero-order valence-corrected chi connectivity index (χ0v) is 15.2. The van der Waals surface area contributed by atoms with E-state index in [4.69, 9.17) is 4.98 Å². The number of aryl methyl sites for hydroxylation is 3. The Bertz CT molecular complexity index is 1110. The van der Waals surface area contributed by atoms with E-state index in [0.717, 1.165) is 33.2 Å². The fourth-order valence-corrected chi connectivity index (χ4v) is 4.25. The Morgan fingerprint density at radius 1 is 0.880 bits per heavy atom. The molecule has 0 aliphatic rings. The fraction of sp³-hybridized carbons (Fsp3) is 0.143. The second-order valence-corrected chi connectivity index (χ2v) is 7.38. The maximum atomic E-state index is 11.6. The third-order valence-corrected chi connectivity index (χ3v) is 5.39. The third-order valence-electron chi connectivity index (χ3n) is 4.32. The monoisotopic (exact) mass is 346 g/mol. The van der Waals surface area contributed by atoms with Crippen molar-refractivity contribution < 1.29 is 0 Å². The molecule has 4 rings (SSSR count). The van der Waals surface area contributed by atoms with E-state index in [0.29, 0.717) is 0 Å². The normalized spacial score (nSPS) is 11.2. The van der Waals surface area contributed by atoms with Crippen LogP contribution >= 0.6 is 11.3 Å². The Kier molecular flexibility index (Phi) is 3.77. The van der Waals surface area contributed by atoms with Crippen LogP contribution in [0.2, 0.25) is 0 Å². The molecule has 0 spiro atoms. The number of aromatic nitrogens is 2. The van der Waals surface area contributed by atoms with Crippen LogP contribution < -0.4 is 5.43 Å². The second kappa shape index (κ2) is 5.97. The molecule has 0 bridgehead atoms. The molecule has 2 aromatic heterocycles. The van der Waals surface area contributed by atoms with E-state index in [1.807, 2.05) is 13.8 Å². The Labute approximate surface area is 150 Å². The van der Waals surface area contributed by atoms with Gasteiger partial charge in [0.15, 0.2) is 5.43 Å². The van der Waals surface area contributed by atoms with Crippen LogP contribution in [-0.2, 0) is 0 Å². The smallest absolute Gasteiger partial charge is 0.182 e. The van der Waals surface area contributed by atoms with Gasteiger partial charge in [0.1, 0.15) is 5.01 Å². The first-order valence-corrected chi connectivity index (χ1v) is 9.01. The summed E-state index contributed by atoms with van der Waals surface area (Å²) in [6, 6.07) is 18.0. The van der Waals surface area contributed by atoms with Crippen molar-refractivity contribution in [3.05, 3.63) is 81.8 Å². The summed E-state index contributed by atoms with van der Waals surface area (Å²) in [6.07, 6.45) is 0. The Morgan fingerprint density at radius 3 is 2.24 bits per heavy atom. The van der Waals surface area contributed by atoms with Gasteiger partial charge in [0.2, 0.25) is 0 Å². The first-order chi connectivity index (χ1) is 12.0. The molecule has 4 heteroatoms. The minimum absolute atomic E-state index is 0.0487. The number of thiazole rings is 1. The van der Waals surface area contributed by atoms with Crippen molar-refractivity contribution in [1.29, 1.82) is 0 Å². The van der Waals surface area contributed by atoms with Crippen LogP contribution in [0.15, 0.2) is 59.4 Å². The van der Waals surface area contributed by atoms with E-state index in [2.05, 4.69) is 54.0 Å². The topological polar surface area (TPSA) is 34.9 Å². The molecule has 0 radical (unpaired) electrons. The number of rotatable bonds is 2. The molecule has 25 heavy (non-hydrogen) atoms. The van der Waals surface area contributed by atoms with Gasteiger partial charge in [-0.1, -0.05) is 6.07 Å². The maximum Gasteiger partial charge on any atom is 0.182 e. The molecule has 0 unspecified atom stereocenters. The number of pyridine rings is 1. The summed E-state index contributed by atoms with van der Waals surface area (Å²) in [7, 11) is 0. The standard InChI is InChI=1S/C21H18N2OS/c1-13-4-9-19-20(10-13)25-21(22-19)16-5-7-17(8-6-16)23-14(2)11-18(24)12-15(23)3/h4-12H,1-3H3. The number of hydrogen-bond acceptors (Lipinski definition) is 3. The summed E-state index contributed by atoms with van der Waals surface area (Å²) < 4.78 is 3.30. The van der Waals surface area contributed by atoms with Crippen molar-refractivity contribution in [3.8, 4) is 16.3 Å². The van der Waals surface area contributed by atoms with Gasteiger partial charge in [-0.25, -0.2) is 4.98 Å². The zero-order chi connectivity index (χ0) is 17.6. The molecule has 4 aromatic rings. The van der Waals surface area contributed by atoms with Gasteiger partial charge in [-0.3, -0.25) is 4.79 Å². The summed E-state index contributed by atoms with van der Waals surface area (Å²) in [6.45, 7) is 6.01. The summed E-state index contributed by atoms with van der Waals surface area (Å²) in [5.74, 6) is 0. The molecule has 0 N–H and O–H groups in total. The first-order valence-electron chi connectivity index (χ1n) is 8.19. The van der Waals surface area contributed by atoms with Crippen LogP contribution in [0.3, 0.4) is 0 Å². The molecule has 2 heterocycles. The van der Waals surface area contributed by atoms with Crippen LogP contribution in [0.25, 0.3) is 26.5 Å². The van der Waals surface area contributed by atoms with Crippen molar-refractivity contribution >= 4 is 21.6 Å². The predicted octanol–water partition coefficient (Wildman–Crippen LogP) is 5.04. The van der Waals surface area contributed by atoms with E-state index in [9.17, 15) is 4.79 Å². The number of benzene rings is 2. The minimum atomic E-state index is 0.0487. The quantitative estimate of drug-likeness (QED) is 0.510. The highest BCUT2D eigenvalue weighted by Crippen LogP contribution is 2.31. The van der Waals surface area contributed by atoms with Crippen LogP contribution in [-0.4, -0.2) is 9.55 Å². The summed E-state index contributed by atoms with van der Waals surface area (Å²) >= 11 is 1.72. The average molecular weight is 346 g/mol. The molecule has 2 aromatic carbocycles. The highest BCUT2D eigenvalue weighted by atomic mass is 32.1. The lowest BCUT2D eigenvalue weighted by Gasteiger charge is -2.14. The Morgan fingerprint density at radius 2 is 1.56 bits per heavy atom. The van der Waals surface area contributed by atoms with Gasteiger partial charge in [-0.2, -0.15) is 0 Å². The van der Waals surface area contributed by atoms with Crippen molar-refractivity contribution in [2.45, 2.75) is 20.8 Å². The SMILES string of the molecule is Cc1ccc2nc(-c3ccc(-n4c(C)cc(=O)cc4C)cc3)sc2c1. The van der Waals surface area contributed by atoms with Gasteiger partial charge in [-0.05, 0) is 62.7 Å². The third kappa shape index (κ3) is 2.89. The Balaban J connectivity index is 1.76. The largest absolute Gasteiger partial charge is 0.318 e. The predicted molar refractivity (Wildman–Crippen MR) is 105 cm³/mol. The lowest BCUT2D eigenvalue weighted by Crippen LogP contribution is -2.11. The number of hydrogen-bond donors (Lipinski definition) is 0. The maximum absolute atomic E-state index is 11.6. The van der Waals surface area contributed by atoms with Crippen LogP contribution in [0.4, 0.5) is 0 Å². The lowest BCUT2D eigenvalue weighted by molar-refractivity contribution is 0.922. The molecule has 124 valence electrons. The van der Waals surface area contributed by atoms with Crippen LogP contribution in [0.1, 0.15) is 17.0 Å². The van der Waals surface area contributed by atoms with E-state index in [-0.39, 0.29) is 5.43 Å². The van der Waals surface area contributed by atoms with Gasteiger partial charge in [0, 0.05) is 34.8 Å². The fourth-order valence-electron chi connectivity index (χ4n) is 3.18. The molecule has 0 aliphatic carbocycles. The van der Waals surface area contributed by atoms with Crippen LogP contribution in [0.5, 0.6) is 0 Å². The molecular weight excluding hydrogens is 328 g/mol. The molecule has 0 saturated carbocycles. The van der Waals surface area contributed by atoms with E-state index in [1.54, 1.807) is 23.5 Å². The first kappa shape index (κ1) is 15.8. The zero-order valence-electron chi connectivity index (χ0n) is 14.4. The summed E-state index contributed by atoms with van der Waals surface area (Å²) in [5.41, 5.74) is 6.38. The van der Waals surface area contributed by atoms with Gasteiger partial charge >= 0.3 is 0 Å². The second-order valence-electron chi connectivity index (χ2n) is 6.35. The van der Waals surface area contributed by atoms with E-state index >= 15 is 0 Å². The van der Waals surface area contributed by atoms with E-state index in [1.165, 1.54) is 10.3 Å². The molecule has 0 aliphatic heterocycles. The van der Waals surface area contributed by atoms with Gasteiger partial charge in [0.05, 0.1) is 10.2 Å². The van der Waals surface area contributed by atoms with E-state index < -0.39 is 0 Å². The number of nitrogens with zero attached hydrogens (tertiary/aromatic N) is 2. The van der Waals surface area contributed by atoms with Crippen LogP contribution in [0, 0.1) is 20.8 Å². The average Bonchev–Trinajstić information content (AvgIpc) is 2.97. The molecule has 3 nitrogen and oxygen atoms in total. The Hall–Kier alpha value is -2.72. The summed E-state index contributed by atoms with van der Waals surface area (Å²) in [4.78, 5) is 16.4. The highest BCUT2D eigenvalue weighted by Gasteiger charge is 2.08. The lowest BCUT2D eigenvalue weighted by atomic mass is 10.2. The minimum Gasteiger partial charge on any atom is -0.318 e. The highest BCUT2D eigenvalue weighted by molar-refractivity contribution is 7.21. The van der Waals surface area contributed by atoms with Crippen molar-refractivity contribution in [2.24, 2.45) is 0 Å². The molecule has 0 fully saturated rings. The number of fused-ring (bicyclic) bond motifs is 1. The van der Waals surface area contributed by atoms with Gasteiger partial charge < -0.3 is 4.57 Å². The van der Waals surface area contributed by atoms with Gasteiger partial charge in [0.25, 0.3) is 0 Å². The molecular formula is C21H18N2OS. The molecule has 0 amide bonds. The molecule has 0 atom stereocenters.